The van der Waals surface area contributed by atoms with Gasteiger partial charge in [0, 0.05) is 23.2 Å². The van der Waals surface area contributed by atoms with Crippen molar-refractivity contribution < 1.29 is 18.7 Å². The Kier molecular flexibility index (Phi) is 5.69. The normalized spacial score (nSPS) is 12.5. The number of aromatic amines is 1. The first-order chi connectivity index (χ1) is 14.2. The number of aromatic nitrogens is 3. The van der Waals surface area contributed by atoms with Gasteiger partial charge in [-0.25, -0.2) is 18.7 Å². The van der Waals surface area contributed by atoms with Gasteiger partial charge in [-0.3, -0.25) is 4.79 Å². The second-order valence-corrected chi connectivity index (χ2v) is 7.72. The summed E-state index contributed by atoms with van der Waals surface area (Å²) in [6, 6.07) is 3.58. The van der Waals surface area contributed by atoms with Crippen LogP contribution in [-0.2, 0) is 4.79 Å². The van der Waals surface area contributed by atoms with Crippen LogP contribution in [0.5, 0.6) is 0 Å². The van der Waals surface area contributed by atoms with Gasteiger partial charge in [0.1, 0.15) is 17.5 Å². The van der Waals surface area contributed by atoms with Crippen molar-refractivity contribution in [1.29, 1.82) is 5.26 Å². The van der Waals surface area contributed by atoms with E-state index in [1.807, 2.05) is 26.8 Å². The number of fused-ring (bicyclic) bond motifs is 1. The minimum absolute atomic E-state index is 0.0345. The number of rotatable bonds is 7. The number of nitriles is 1. The summed E-state index contributed by atoms with van der Waals surface area (Å²) >= 11 is 0. The van der Waals surface area contributed by atoms with Crippen LogP contribution in [0.25, 0.3) is 22.3 Å². The number of H-pyrrole nitrogens is 1. The molecule has 1 unspecified atom stereocenters. The van der Waals surface area contributed by atoms with Gasteiger partial charge in [0.25, 0.3) is 0 Å². The van der Waals surface area contributed by atoms with Gasteiger partial charge in [-0.1, -0.05) is 20.8 Å². The number of aliphatic carboxylic acids is 1. The minimum Gasteiger partial charge on any atom is -0.481 e. The maximum absolute atomic E-state index is 14.7. The number of carbonyl (C=O) groups is 1. The standard InChI is InChI=1S/C21H21F2N5O2/c1-4-21(2,3)16(7-17(29)30)27-20-15(23)5-11(8-24)18(28-20)14-10-26-19-13(14)6-12(22)9-25-19/h5-6,9-10,16H,4,7H2,1-3H3,(H,25,26)(H,27,28)(H,29,30). The molecule has 0 fully saturated rings. The Bertz CT molecular complexity index is 1150. The molecule has 0 amide bonds. The number of halogens is 2. The Labute approximate surface area is 171 Å². The minimum atomic E-state index is -1.03. The summed E-state index contributed by atoms with van der Waals surface area (Å²) < 4.78 is 28.4. The van der Waals surface area contributed by atoms with E-state index in [9.17, 15) is 23.9 Å². The summed E-state index contributed by atoms with van der Waals surface area (Å²) in [7, 11) is 0. The summed E-state index contributed by atoms with van der Waals surface area (Å²) in [5.74, 6) is -2.53. The van der Waals surface area contributed by atoms with Gasteiger partial charge in [-0.15, -0.1) is 0 Å². The number of hydrogen-bond acceptors (Lipinski definition) is 5. The fraction of sp³-hybridized carbons (Fsp3) is 0.333. The molecule has 0 aliphatic carbocycles. The highest BCUT2D eigenvalue weighted by molar-refractivity contribution is 5.94. The smallest absolute Gasteiger partial charge is 0.305 e. The van der Waals surface area contributed by atoms with Gasteiger partial charge < -0.3 is 15.4 Å². The molecule has 30 heavy (non-hydrogen) atoms. The maximum Gasteiger partial charge on any atom is 0.305 e. The van der Waals surface area contributed by atoms with E-state index in [4.69, 9.17) is 0 Å². The second kappa shape index (κ2) is 8.06. The molecule has 7 nitrogen and oxygen atoms in total. The fourth-order valence-corrected chi connectivity index (χ4v) is 3.16. The van der Waals surface area contributed by atoms with Gasteiger partial charge >= 0.3 is 5.97 Å². The predicted octanol–water partition coefficient (Wildman–Crippen LogP) is 4.47. The molecule has 3 aromatic heterocycles. The Hall–Kier alpha value is -3.54. The van der Waals surface area contributed by atoms with Crippen LogP contribution in [0.15, 0.2) is 24.5 Å². The fourth-order valence-electron chi connectivity index (χ4n) is 3.16. The van der Waals surface area contributed by atoms with E-state index in [0.717, 1.165) is 12.3 Å². The van der Waals surface area contributed by atoms with E-state index in [2.05, 4.69) is 20.3 Å². The highest BCUT2D eigenvalue weighted by atomic mass is 19.1. The van der Waals surface area contributed by atoms with Crippen LogP contribution in [-0.4, -0.2) is 32.1 Å². The zero-order valence-electron chi connectivity index (χ0n) is 16.8. The average molecular weight is 413 g/mol. The molecule has 3 N–H and O–H groups in total. The Morgan fingerprint density at radius 2 is 2.13 bits per heavy atom. The van der Waals surface area contributed by atoms with Crippen molar-refractivity contribution in [2.75, 3.05) is 5.32 Å². The number of nitrogens with one attached hydrogen (secondary N) is 2. The van der Waals surface area contributed by atoms with Crippen molar-refractivity contribution in [3.63, 3.8) is 0 Å². The molecule has 0 aromatic carbocycles. The van der Waals surface area contributed by atoms with Crippen LogP contribution in [0, 0.1) is 28.4 Å². The van der Waals surface area contributed by atoms with E-state index < -0.39 is 29.1 Å². The van der Waals surface area contributed by atoms with Gasteiger partial charge in [-0.2, -0.15) is 5.26 Å². The molecule has 0 aliphatic heterocycles. The van der Waals surface area contributed by atoms with Crippen molar-refractivity contribution >= 4 is 22.8 Å². The van der Waals surface area contributed by atoms with Crippen LogP contribution < -0.4 is 5.32 Å². The first kappa shape index (κ1) is 21.2. The monoisotopic (exact) mass is 413 g/mol. The van der Waals surface area contributed by atoms with Gasteiger partial charge in [0.2, 0.25) is 0 Å². The topological polar surface area (TPSA) is 115 Å². The first-order valence-electron chi connectivity index (χ1n) is 9.38. The zero-order chi connectivity index (χ0) is 22.1. The third-order valence-corrected chi connectivity index (χ3v) is 5.39. The SMILES string of the molecule is CCC(C)(C)C(CC(=O)O)Nc1nc(-c2c[nH]c3ncc(F)cc23)c(C#N)cc1F. The Morgan fingerprint density at radius 3 is 2.77 bits per heavy atom. The molecular formula is C21H21F2N5O2. The number of anilines is 1. The van der Waals surface area contributed by atoms with Gasteiger partial charge in [-0.05, 0) is 24.0 Å². The molecule has 0 radical (unpaired) electrons. The van der Waals surface area contributed by atoms with E-state index in [-0.39, 0.29) is 23.5 Å². The largest absolute Gasteiger partial charge is 0.481 e. The lowest BCUT2D eigenvalue weighted by Gasteiger charge is -2.33. The molecule has 0 saturated heterocycles. The average Bonchev–Trinajstić information content (AvgIpc) is 3.10. The summed E-state index contributed by atoms with van der Waals surface area (Å²) in [6.45, 7) is 5.67. The van der Waals surface area contributed by atoms with Crippen LogP contribution in [0.4, 0.5) is 14.6 Å². The molecule has 0 saturated carbocycles. The lowest BCUT2D eigenvalue weighted by molar-refractivity contribution is -0.137. The van der Waals surface area contributed by atoms with E-state index in [1.54, 1.807) is 0 Å². The summed E-state index contributed by atoms with van der Waals surface area (Å²) in [4.78, 5) is 22.5. The van der Waals surface area contributed by atoms with E-state index in [0.29, 0.717) is 23.0 Å². The molecule has 1 atom stereocenters. The molecular weight excluding hydrogens is 392 g/mol. The van der Waals surface area contributed by atoms with Gasteiger partial charge in [0.15, 0.2) is 11.6 Å². The third kappa shape index (κ3) is 4.08. The zero-order valence-corrected chi connectivity index (χ0v) is 16.8. The first-order valence-corrected chi connectivity index (χ1v) is 9.38. The summed E-state index contributed by atoms with van der Waals surface area (Å²) in [5.41, 5.74) is 0.429. The third-order valence-electron chi connectivity index (χ3n) is 5.39. The number of nitrogens with zero attached hydrogens (tertiary/aromatic N) is 3. The van der Waals surface area contributed by atoms with Crippen molar-refractivity contribution in [3.8, 4) is 17.3 Å². The van der Waals surface area contributed by atoms with Gasteiger partial charge in [0.05, 0.1) is 23.9 Å². The van der Waals surface area contributed by atoms with Crippen molar-refractivity contribution in [3.05, 3.63) is 41.7 Å². The highest BCUT2D eigenvalue weighted by Gasteiger charge is 2.31. The molecule has 156 valence electrons. The van der Waals surface area contributed by atoms with Crippen molar-refractivity contribution in [2.24, 2.45) is 5.41 Å². The van der Waals surface area contributed by atoms with Crippen molar-refractivity contribution in [1.82, 2.24) is 15.0 Å². The number of carboxylic acid groups (broad SMARTS) is 1. The molecule has 3 rings (SSSR count). The number of carboxylic acids is 1. The molecule has 0 aliphatic rings. The van der Waals surface area contributed by atoms with Crippen molar-refractivity contribution in [2.45, 2.75) is 39.7 Å². The molecule has 3 heterocycles. The Balaban J connectivity index is 2.12. The molecule has 3 aromatic rings. The molecule has 0 spiro atoms. The van der Waals surface area contributed by atoms with Crippen LogP contribution in [0.2, 0.25) is 0 Å². The number of pyridine rings is 2. The predicted molar refractivity (Wildman–Crippen MR) is 108 cm³/mol. The lowest BCUT2D eigenvalue weighted by atomic mass is 9.80. The quantitative estimate of drug-likeness (QED) is 0.527. The van der Waals surface area contributed by atoms with Crippen LogP contribution in [0.3, 0.4) is 0 Å². The number of hydrogen-bond donors (Lipinski definition) is 3. The van der Waals surface area contributed by atoms with E-state index >= 15 is 0 Å². The lowest BCUT2D eigenvalue weighted by Crippen LogP contribution is -2.38. The molecule has 9 heteroatoms. The highest BCUT2D eigenvalue weighted by Crippen LogP contribution is 2.34. The Morgan fingerprint density at radius 1 is 1.40 bits per heavy atom. The van der Waals surface area contributed by atoms with E-state index in [1.165, 1.54) is 12.3 Å². The van der Waals surface area contributed by atoms with Crippen LogP contribution in [0.1, 0.15) is 39.2 Å². The summed E-state index contributed by atoms with van der Waals surface area (Å²) in [6.07, 6.45) is 2.99. The second-order valence-electron chi connectivity index (χ2n) is 7.72. The van der Waals surface area contributed by atoms with Crippen LogP contribution >= 0.6 is 0 Å². The summed E-state index contributed by atoms with van der Waals surface area (Å²) in [5, 5.41) is 22.1. The molecule has 0 bridgehead atoms. The maximum atomic E-state index is 14.7.